The molecule has 0 aromatic rings. The zero-order chi connectivity index (χ0) is 58.4. The van der Waals surface area contributed by atoms with Crippen molar-refractivity contribution in [3.8, 4) is 0 Å². The van der Waals surface area contributed by atoms with E-state index in [-0.39, 0.29) is 32.0 Å². The molecule has 2 atom stereocenters. The highest BCUT2D eigenvalue weighted by atomic mass is 31.2. The van der Waals surface area contributed by atoms with Crippen molar-refractivity contribution < 1.29 is 42.1 Å². The Bertz CT molecular complexity index is 1530. The first kappa shape index (κ1) is 77.7. The van der Waals surface area contributed by atoms with Crippen molar-refractivity contribution in [2.24, 2.45) is 0 Å². The molecule has 0 aromatic heterocycles. The molecule has 0 saturated carbocycles. The molecule has 0 heterocycles. The van der Waals surface area contributed by atoms with Gasteiger partial charge in [0.15, 0.2) is 6.10 Å². The van der Waals surface area contributed by atoms with Gasteiger partial charge in [-0.2, -0.15) is 0 Å². The number of quaternary nitrogens is 1. The fourth-order valence-corrected chi connectivity index (χ4v) is 10.6. The monoisotopic (exact) mass is 1140 g/mol. The lowest BCUT2D eigenvalue weighted by molar-refractivity contribution is -0.870. The first-order valence-electron chi connectivity index (χ1n) is 34.0. The predicted molar refractivity (Wildman–Crippen MR) is 342 cm³/mol. The van der Waals surface area contributed by atoms with Gasteiger partial charge in [0.1, 0.15) is 19.8 Å². The Balaban J connectivity index is 4.02. The van der Waals surface area contributed by atoms with E-state index in [1.807, 2.05) is 21.1 Å². The Kier molecular flexibility index (Phi) is 59.5. The Morgan fingerprint density at radius 3 is 1.06 bits per heavy atom. The third-order valence-electron chi connectivity index (χ3n) is 15.1. The number of esters is 2. The highest BCUT2D eigenvalue weighted by Gasteiger charge is 2.22. The molecule has 0 rings (SSSR count). The second-order valence-corrected chi connectivity index (χ2v) is 25.6. The molecule has 10 heteroatoms. The third kappa shape index (κ3) is 64.9. The lowest BCUT2D eigenvalue weighted by atomic mass is 10.0. The summed E-state index contributed by atoms with van der Waals surface area (Å²) in [4.78, 5) is 38.0. The maximum Gasteiger partial charge on any atom is 0.306 e. The number of allylic oxidation sites excluding steroid dienone is 10. The van der Waals surface area contributed by atoms with Crippen LogP contribution in [0.15, 0.2) is 60.8 Å². The van der Waals surface area contributed by atoms with Crippen LogP contribution < -0.4 is 4.89 Å². The second kappa shape index (κ2) is 61.3. The van der Waals surface area contributed by atoms with Crippen molar-refractivity contribution in [3.05, 3.63) is 60.8 Å². The van der Waals surface area contributed by atoms with E-state index in [1.165, 1.54) is 218 Å². The van der Waals surface area contributed by atoms with Crippen LogP contribution in [0.3, 0.4) is 0 Å². The van der Waals surface area contributed by atoms with E-state index < -0.39 is 26.5 Å². The van der Waals surface area contributed by atoms with Crippen molar-refractivity contribution in [1.29, 1.82) is 0 Å². The third-order valence-corrected chi connectivity index (χ3v) is 16.0. The van der Waals surface area contributed by atoms with Crippen molar-refractivity contribution in [1.82, 2.24) is 0 Å². The van der Waals surface area contributed by atoms with Gasteiger partial charge in [-0.1, -0.05) is 312 Å². The van der Waals surface area contributed by atoms with E-state index in [9.17, 15) is 19.0 Å². The summed E-state index contributed by atoms with van der Waals surface area (Å²) in [5.74, 6) is -0.815. The van der Waals surface area contributed by atoms with Crippen LogP contribution in [0.1, 0.15) is 322 Å². The quantitative estimate of drug-likeness (QED) is 0.0195. The second-order valence-electron chi connectivity index (χ2n) is 24.2. The lowest BCUT2D eigenvalue weighted by Crippen LogP contribution is -2.37. The summed E-state index contributed by atoms with van der Waals surface area (Å²) in [6, 6.07) is 0. The molecule has 0 spiro atoms. The number of nitrogens with zero attached hydrogens (tertiary/aromatic N) is 1. The number of rotatable bonds is 63. The average molecular weight is 1140 g/mol. The minimum absolute atomic E-state index is 0.0292. The van der Waals surface area contributed by atoms with E-state index >= 15 is 0 Å². The maximum atomic E-state index is 12.9. The van der Waals surface area contributed by atoms with E-state index in [4.69, 9.17) is 18.5 Å². The van der Waals surface area contributed by atoms with Gasteiger partial charge in [0, 0.05) is 12.8 Å². The van der Waals surface area contributed by atoms with Gasteiger partial charge in [-0.25, -0.2) is 0 Å². The van der Waals surface area contributed by atoms with Crippen LogP contribution in [-0.2, 0) is 32.7 Å². The van der Waals surface area contributed by atoms with Crippen LogP contribution in [0.4, 0.5) is 0 Å². The molecule has 0 aromatic carbocycles. The number of ether oxygens (including phenoxy) is 2. The van der Waals surface area contributed by atoms with Crippen molar-refractivity contribution in [3.63, 3.8) is 0 Å². The Labute approximate surface area is 496 Å². The molecule has 80 heavy (non-hydrogen) atoms. The van der Waals surface area contributed by atoms with E-state index in [1.54, 1.807) is 0 Å². The first-order chi connectivity index (χ1) is 39.0. The Morgan fingerprint density at radius 2 is 0.713 bits per heavy atom. The molecule has 0 N–H and O–H groups in total. The van der Waals surface area contributed by atoms with Gasteiger partial charge in [-0.15, -0.1) is 0 Å². The summed E-state index contributed by atoms with van der Waals surface area (Å²) in [6.07, 6.45) is 80.1. The molecule has 2 unspecified atom stereocenters. The molecule has 0 saturated heterocycles. The topological polar surface area (TPSA) is 111 Å². The van der Waals surface area contributed by atoms with Gasteiger partial charge >= 0.3 is 11.9 Å². The number of phosphoric acid groups is 1. The summed E-state index contributed by atoms with van der Waals surface area (Å²) in [5, 5.41) is 0. The van der Waals surface area contributed by atoms with Crippen LogP contribution in [-0.4, -0.2) is 70.0 Å². The smallest absolute Gasteiger partial charge is 0.306 e. The zero-order valence-corrected chi connectivity index (χ0v) is 54.2. The summed E-state index contributed by atoms with van der Waals surface area (Å²) in [6.45, 7) is 4.18. The van der Waals surface area contributed by atoms with Crippen LogP contribution in [0.5, 0.6) is 0 Å². The van der Waals surface area contributed by atoms with Crippen LogP contribution in [0, 0.1) is 0 Å². The van der Waals surface area contributed by atoms with E-state index in [0.29, 0.717) is 17.4 Å². The normalized spacial score (nSPS) is 13.5. The van der Waals surface area contributed by atoms with Gasteiger partial charge < -0.3 is 27.9 Å². The number of phosphoric ester groups is 1. The molecule has 468 valence electrons. The fourth-order valence-electron chi connectivity index (χ4n) is 9.86. The molecule has 0 aliphatic heterocycles. The minimum atomic E-state index is -4.64. The van der Waals surface area contributed by atoms with Gasteiger partial charge in [0.25, 0.3) is 7.82 Å². The number of carbonyl (C=O) groups is 2. The van der Waals surface area contributed by atoms with Gasteiger partial charge in [0.05, 0.1) is 27.7 Å². The number of hydrogen-bond donors (Lipinski definition) is 0. The molecule has 0 aliphatic carbocycles. The molecular weight excluding hydrogens is 1010 g/mol. The minimum Gasteiger partial charge on any atom is -0.756 e. The van der Waals surface area contributed by atoms with Gasteiger partial charge in [-0.05, 0) is 57.8 Å². The number of likely N-dealkylation sites (N-methyl/N-ethyl adjacent to an activating group) is 1. The molecular formula is C70H130NO8P. The average Bonchev–Trinajstić information content (AvgIpc) is 3.42. The molecule has 0 fully saturated rings. The van der Waals surface area contributed by atoms with Gasteiger partial charge in [0.2, 0.25) is 0 Å². The molecule has 0 radical (unpaired) electrons. The Hall–Kier alpha value is -2.29. The number of unbranched alkanes of at least 4 members (excludes halogenated alkanes) is 39. The predicted octanol–water partition coefficient (Wildman–Crippen LogP) is 21.2. The molecule has 0 bridgehead atoms. The fraction of sp³-hybridized carbons (Fsp3) is 0.829. The first-order valence-corrected chi connectivity index (χ1v) is 35.5. The SMILES string of the molecule is CC/C=C\C/C=C\C/C=C\C/C=C\C/C=C\CCCCCCCCCCCCCCCCCCCC(=O)OC(COC(=O)CCCCCCCCCCCCCCCCCCCCCCCCC)COP(=O)([O-])OCC[N+](C)(C)C. The summed E-state index contributed by atoms with van der Waals surface area (Å²) < 4.78 is 34.3. The largest absolute Gasteiger partial charge is 0.756 e. The summed E-state index contributed by atoms with van der Waals surface area (Å²) >= 11 is 0. The van der Waals surface area contributed by atoms with Crippen LogP contribution in [0.2, 0.25) is 0 Å². The summed E-state index contributed by atoms with van der Waals surface area (Å²) in [5.41, 5.74) is 0. The van der Waals surface area contributed by atoms with Crippen molar-refractivity contribution in [2.75, 3.05) is 47.5 Å². The van der Waals surface area contributed by atoms with Gasteiger partial charge in [-0.3, -0.25) is 14.2 Å². The van der Waals surface area contributed by atoms with Crippen molar-refractivity contribution >= 4 is 19.8 Å². The highest BCUT2D eigenvalue weighted by Crippen LogP contribution is 2.38. The molecule has 9 nitrogen and oxygen atoms in total. The standard InChI is InChI=1S/C70H130NO8P/c1-6-8-10-12-14-16-18-20-22-24-26-28-30-31-32-33-34-35-36-37-38-39-41-43-45-47-49-51-53-55-57-59-61-63-70(73)79-68(67-78-80(74,75)77-65-64-71(3,4)5)66-76-69(72)62-60-58-56-54-52-50-48-46-44-42-40-29-27-25-23-21-19-17-15-13-11-9-7-2/h8,10,14,16,20,22,26,28,31-32,68H,6-7,9,11-13,15,17-19,21,23-25,27,29-30,33-67H2,1-5H3/b10-8-,16-14-,22-20-,28-26-,32-31-. The van der Waals surface area contributed by atoms with E-state index in [2.05, 4.69) is 74.6 Å². The van der Waals surface area contributed by atoms with Crippen molar-refractivity contribution in [2.45, 2.75) is 328 Å². The number of hydrogen-bond acceptors (Lipinski definition) is 8. The molecule has 0 aliphatic rings. The Morgan fingerprint density at radius 1 is 0.400 bits per heavy atom. The van der Waals surface area contributed by atoms with E-state index in [0.717, 1.165) is 70.6 Å². The zero-order valence-electron chi connectivity index (χ0n) is 53.3. The number of carbonyl (C=O) groups excluding carboxylic acids is 2. The maximum absolute atomic E-state index is 12.9. The van der Waals surface area contributed by atoms with Crippen LogP contribution in [0.25, 0.3) is 0 Å². The molecule has 0 amide bonds. The van der Waals surface area contributed by atoms with Crippen LogP contribution >= 0.6 is 7.82 Å². The summed E-state index contributed by atoms with van der Waals surface area (Å²) in [7, 11) is 1.18. The highest BCUT2D eigenvalue weighted by molar-refractivity contribution is 7.45. The lowest BCUT2D eigenvalue weighted by Gasteiger charge is -2.28.